The van der Waals surface area contributed by atoms with Crippen LogP contribution < -0.4 is 5.32 Å². The number of hydrogen-bond acceptors (Lipinski definition) is 5. The Morgan fingerprint density at radius 2 is 1.71 bits per heavy atom. The van der Waals surface area contributed by atoms with Crippen LogP contribution in [0, 0.1) is 0 Å². The Bertz CT molecular complexity index is 1300. The SMILES string of the molecule is FC(F)(F)c1cccnc1-c1ccc2c(NCCc3ccccc3)nc(CN3CCCC3)nc2c1. The Balaban J connectivity index is 1.50. The maximum absolute atomic E-state index is 13.6. The molecular formula is C27H26F3N5. The number of fused-ring (bicyclic) bond motifs is 1. The van der Waals surface area contributed by atoms with Gasteiger partial charge in [0.15, 0.2) is 0 Å². The van der Waals surface area contributed by atoms with E-state index in [1.54, 1.807) is 18.2 Å². The summed E-state index contributed by atoms with van der Waals surface area (Å²) in [6.45, 7) is 3.30. The van der Waals surface area contributed by atoms with Gasteiger partial charge < -0.3 is 5.32 Å². The first-order valence-corrected chi connectivity index (χ1v) is 11.8. The molecule has 5 nitrogen and oxygen atoms in total. The van der Waals surface area contributed by atoms with Crippen LogP contribution in [0.1, 0.15) is 29.8 Å². The average Bonchev–Trinajstić information content (AvgIpc) is 3.37. The third-order valence-electron chi connectivity index (χ3n) is 6.24. The van der Waals surface area contributed by atoms with Crippen LogP contribution in [0.5, 0.6) is 0 Å². The molecule has 0 spiro atoms. The summed E-state index contributed by atoms with van der Waals surface area (Å²) < 4.78 is 40.8. The Hall–Kier alpha value is -3.52. The third-order valence-corrected chi connectivity index (χ3v) is 6.24. The van der Waals surface area contributed by atoms with Crippen LogP contribution in [-0.2, 0) is 19.1 Å². The molecular weight excluding hydrogens is 451 g/mol. The number of halogens is 3. The monoisotopic (exact) mass is 477 g/mol. The van der Waals surface area contributed by atoms with Gasteiger partial charge in [0, 0.05) is 23.7 Å². The van der Waals surface area contributed by atoms with Crippen molar-refractivity contribution >= 4 is 16.7 Å². The first-order valence-electron chi connectivity index (χ1n) is 11.8. The van der Waals surface area contributed by atoms with Crippen LogP contribution >= 0.6 is 0 Å². The topological polar surface area (TPSA) is 53.9 Å². The summed E-state index contributed by atoms with van der Waals surface area (Å²) in [7, 11) is 0. The van der Waals surface area contributed by atoms with Crippen molar-refractivity contribution in [2.45, 2.75) is 32.0 Å². The predicted octanol–water partition coefficient (Wildman–Crippen LogP) is 5.96. The smallest absolute Gasteiger partial charge is 0.369 e. The van der Waals surface area contributed by atoms with Crippen molar-refractivity contribution < 1.29 is 13.2 Å². The van der Waals surface area contributed by atoms with Gasteiger partial charge in [0.2, 0.25) is 0 Å². The van der Waals surface area contributed by atoms with Crippen molar-refractivity contribution in [3.05, 3.63) is 83.8 Å². The standard InChI is InChI=1S/C27H26F3N5/c28-27(29,30)22-9-6-13-31-25(22)20-10-11-21-23(17-20)33-24(18-35-15-4-5-16-35)34-26(21)32-14-12-19-7-2-1-3-8-19/h1-3,6-11,13,17H,4-5,12,14-16,18H2,(H,32,33,34). The molecule has 1 fully saturated rings. The van der Waals surface area contributed by atoms with Gasteiger partial charge in [-0.25, -0.2) is 9.97 Å². The second-order valence-electron chi connectivity index (χ2n) is 8.76. The second kappa shape index (κ2) is 10.00. The van der Waals surface area contributed by atoms with Gasteiger partial charge in [-0.15, -0.1) is 0 Å². The van der Waals surface area contributed by atoms with E-state index in [0.29, 0.717) is 35.8 Å². The van der Waals surface area contributed by atoms with E-state index in [-0.39, 0.29) is 5.69 Å². The zero-order valence-corrected chi connectivity index (χ0v) is 19.2. The number of likely N-dealkylation sites (tertiary alicyclic amines) is 1. The summed E-state index contributed by atoms with van der Waals surface area (Å²) in [5.41, 5.74) is 1.35. The fourth-order valence-electron chi connectivity index (χ4n) is 4.51. The Morgan fingerprint density at radius 1 is 0.914 bits per heavy atom. The van der Waals surface area contributed by atoms with Crippen LogP contribution in [0.2, 0.25) is 0 Å². The van der Waals surface area contributed by atoms with E-state index in [9.17, 15) is 13.2 Å². The van der Waals surface area contributed by atoms with Gasteiger partial charge in [0.25, 0.3) is 0 Å². The molecule has 2 aromatic heterocycles. The molecule has 0 aliphatic carbocycles. The van der Waals surface area contributed by atoms with E-state index in [4.69, 9.17) is 9.97 Å². The molecule has 5 rings (SSSR count). The molecule has 180 valence electrons. The molecule has 1 N–H and O–H groups in total. The molecule has 0 atom stereocenters. The molecule has 2 aromatic carbocycles. The minimum Gasteiger partial charge on any atom is -0.369 e. The lowest BCUT2D eigenvalue weighted by Crippen LogP contribution is -2.20. The highest BCUT2D eigenvalue weighted by Crippen LogP contribution is 2.36. The maximum Gasteiger partial charge on any atom is 0.418 e. The van der Waals surface area contributed by atoms with Crippen molar-refractivity contribution in [3.8, 4) is 11.3 Å². The number of hydrogen-bond donors (Lipinski definition) is 1. The van der Waals surface area contributed by atoms with E-state index >= 15 is 0 Å². The lowest BCUT2D eigenvalue weighted by atomic mass is 10.0. The Labute approximate surface area is 202 Å². The first-order chi connectivity index (χ1) is 17.0. The van der Waals surface area contributed by atoms with Gasteiger partial charge >= 0.3 is 6.18 Å². The molecule has 0 radical (unpaired) electrons. The fourth-order valence-corrected chi connectivity index (χ4v) is 4.51. The molecule has 0 unspecified atom stereocenters. The molecule has 1 saturated heterocycles. The molecule has 1 aliphatic rings. The number of aromatic nitrogens is 3. The average molecular weight is 478 g/mol. The lowest BCUT2D eigenvalue weighted by Gasteiger charge is -2.17. The van der Waals surface area contributed by atoms with Crippen molar-refractivity contribution in [1.29, 1.82) is 0 Å². The maximum atomic E-state index is 13.6. The number of alkyl halides is 3. The number of anilines is 1. The fraction of sp³-hybridized carbons (Fsp3) is 0.296. The van der Waals surface area contributed by atoms with E-state index in [2.05, 4.69) is 27.3 Å². The second-order valence-corrected chi connectivity index (χ2v) is 8.76. The van der Waals surface area contributed by atoms with Crippen molar-refractivity contribution in [2.75, 3.05) is 25.0 Å². The van der Waals surface area contributed by atoms with Crippen molar-refractivity contribution in [3.63, 3.8) is 0 Å². The van der Waals surface area contributed by atoms with E-state index < -0.39 is 11.7 Å². The predicted molar refractivity (Wildman–Crippen MR) is 131 cm³/mol. The molecule has 0 amide bonds. The van der Waals surface area contributed by atoms with Crippen LogP contribution in [-0.4, -0.2) is 39.5 Å². The first kappa shape index (κ1) is 23.2. The highest BCUT2D eigenvalue weighted by atomic mass is 19.4. The molecule has 0 bridgehead atoms. The Kier molecular flexibility index (Phi) is 6.63. The zero-order valence-electron chi connectivity index (χ0n) is 19.2. The van der Waals surface area contributed by atoms with E-state index in [0.717, 1.165) is 43.8 Å². The summed E-state index contributed by atoms with van der Waals surface area (Å²) in [6, 6.07) is 17.7. The van der Waals surface area contributed by atoms with Crippen molar-refractivity contribution in [1.82, 2.24) is 19.9 Å². The number of nitrogens with one attached hydrogen (secondary N) is 1. The molecule has 0 saturated carbocycles. The quantitative estimate of drug-likeness (QED) is 0.356. The molecule has 8 heteroatoms. The lowest BCUT2D eigenvalue weighted by molar-refractivity contribution is -0.137. The van der Waals surface area contributed by atoms with Gasteiger partial charge in [-0.05, 0) is 62.2 Å². The van der Waals surface area contributed by atoms with Gasteiger partial charge in [0.1, 0.15) is 11.6 Å². The van der Waals surface area contributed by atoms with Gasteiger partial charge in [-0.1, -0.05) is 36.4 Å². The summed E-state index contributed by atoms with van der Waals surface area (Å²) >= 11 is 0. The van der Waals surface area contributed by atoms with Crippen molar-refractivity contribution in [2.24, 2.45) is 0 Å². The van der Waals surface area contributed by atoms with Crippen LogP contribution in [0.15, 0.2) is 66.9 Å². The summed E-state index contributed by atoms with van der Waals surface area (Å²) in [4.78, 5) is 15.9. The van der Waals surface area contributed by atoms with Crippen LogP contribution in [0.3, 0.4) is 0 Å². The largest absolute Gasteiger partial charge is 0.418 e. The highest BCUT2D eigenvalue weighted by molar-refractivity contribution is 5.92. The normalized spacial score (nSPS) is 14.5. The van der Waals surface area contributed by atoms with E-state index in [1.807, 2.05) is 18.2 Å². The molecule has 4 aromatic rings. The molecule has 1 aliphatic heterocycles. The number of pyridine rings is 1. The summed E-state index contributed by atoms with van der Waals surface area (Å²) in [5, 5.41) is 4.21. The highest BCUT2D eigenvalue weighted by Gasteiger charge is 2.34. The van der Waals surface area contributed by atoms with Gasteiger partial charge in [-0.3, -0.25) is 9.88 Å². The Morgan fingerprint density at radius 3 is 2.49 bits per heavy atom. The van der Waals surface area contributed by atoms with Gasteiger partial charge in [-0.2, -0.15) is 13.2 Å². The minimum absolute atomic E-state index is 0.0970. The number of benzene rings is 2. The summed E-state index contributed by atoms with van der Waals surface area (Å²) in [6.07, 6.45) is 0.0216. The molecule has 35 heavy (non-hydrogen) atoms. The minimum atomic E-state index is -4.49. The number of nitrogens with zero attached hydrogens (tertiary/aromatic N) is 4. The van der Waals surface area contributed by atoms with Crippen LogP contribution in [0.4, 0.5) is 19.0 Å². The number of rotatable bonds is 7. The zero-order chi connectivity index (χ0) is 24.3. The summed E-state index contributed by atoms with van der Waals surface area (Å²) in [5.74, 6) is 1.36. The van der Waals surface area contributed by atoms with E-state index in [1.165, 1.54) is 17.8 Å². The van der Waals surface area contributed by atoms with Gasteiger partial charge in [0.05, 0.1) is 23.3 Å². The van der Waals surface area contributed by atoms with Crippen LogP contribution in [0.25, 0.3) is 22.2 Å². The molecule has 3 heterocycles. The third kappa shape index (κ3) is 5.43.